The highest BCUT2D eigenvalue weighted by Gasteiger charge is 2.12. The number of carboxylic acid groups (broad SMARTS) is 1. The van der Waals surface area contributed by atoms with Crippen LogP contribution in [0.3, 0.4) is 0 Å². The molecule has 0 aliphatic heterocycles. The van der Waals surface area contributed by atoms with Crippen LogP contribution in [0, 0.1) is 0 Å². The summed E-state index contributed by atoms with van der Waals surface area (Å²) in [6, 6.07) is 9.54. The molecule has 3 aromatic rings. The van der Waals surface area contributed by atoms with E-state index in [2.05, 4.69) is 10.2 Å². The van der Waals surface area contributed by atoms with E-state index in [1.54, 1.807) is 17.4 Å². The second-order valence-corrected chi connectivity index (χ2v) is 4.53. The Bertz CT molecular complexity index is 699. The fourth-order valence-corrected chi connectivity index (χ4v) is 2.70. The Labute approximate surface area is 101 Å². The smallest absolute Gasteiger partial charge is 0.353 e. The molecule has 0 atom stereocenters. The zero-order valence-electron chi connectivity index (χ0n) is 8.68. The van der Waals surface area contributed by atoms with Crippen LogP contribution in [0.5, 0.6) is 0 Å². The van der Waals surface area contributed by atoms with Gasteiger partial charge in [0.25, 0.3) is 0 Å². The van der Waals surface area contributed by atoms with E-state index < -0.39 is 5.97 Å². The summed E-state index contributed by atoms with van der Waals surface area (Å²) in [5.74, 6) is -0.997. The van der Waals surface area contributed by atoms with E-state index in [1.807, 2.05) is 29.6 Å². The van der Waals surface area contributed by atoms with Crippen molar-refractivity contribution in [3.63, 3.8) is 0 Å². The van der Waals surface area contributed by atoms with Crippen molar-refractivity contribution in [2.75, 3.05) is 0 Å². The maximum atomic E-state index is 10.8. The molecular weight excluding hydrogens is 236 g/mol. The van der Waals surface area contributed by atoms with Gasteiger partial charge in [-0.05, 0) is 12.1 Å². The van der Waals surface area contributed by atoms with Crippen molar-refractivity contribution in [2.24, 2.45) is 0 Å². The topological polar surface area (TPSA) is 66.0 Å². The lowest BCUT2D eigenvalue weighted by molar-refractivity contribution is 0.0690. The van der Waals surface area contributed by atoms with Gasteiger partial charge in [-0.15, -0.1) is 11.3 Å². The minimum Gasteiger partial charge on any atom is -0.477 e. The summed E-state index contributed by atoms with van der Waals surface area (Å²) >= 11 is 1.63. The average Bonchev–Trinajstić information content (AvgIpc) is 2.95. The predicted octanol–water partition coefficient (Wildman–Crippen LogP) is 2.99. The molecule has 17 heavy (non-hydrogen) atoms. The quantitative estimate of drug-likeness (QED) is 0.728. The first kappa shape index (κ1) is 10.0. The first-order valence-corrected chi connectivity index (χ1v) is 5.89. The molecule has 84 valence electrons. The molecule has 1 aromatic carbocycles. The van der Waals surface area contributed by atoms with Gasteiger partial charge in [-0.3, -0.25) is 5.10 Å². The fraction of sp³-hybridized carbons (Fsp3) is 0. The third-order valence-electron chi connectivity index (χ3n) is 2.57. The maximum absolute atomic E-state index is 10.8. The molecule has 3 rings (SSSR count). The molecule has 0 spiro atoms. The van der Waals surface area contributed by atoms with Gasteiger partial charge in [0.05, 0.1) is 5.69 Å². The number of fused-ring (bicyclic) bond motifs is 1. The highest BCUT2D eigenvalue weighted by atomic mass is 32.1. The van der Waals surface area contributed by atoms with Crippen molar-refractivity contribution < 1.29 is 9.90 Å². The number of nitrogens with zero attached hydrogens (tertiary/aromatic N) is 1. The molecular formula is C12H8N2O2S. The van der Waals surface area contributed by atoms with Crippen molar-refractivity contribution in [3.05, 3.63) is 41.4 Å². The monoisotopic (exact) mass is 244 g/mol. The standard InChI is InChI=1S/C12H8N2O2S/c15-12(16)10-5-9(13-14-10)8-6-17-11-4-2-1-3-7(8)11/h1-6H,(H,13,14)(H,15,16). The number of benzene rings is 1. The van der Waals surface area contributed by atoms with Crippen LogP contribution in [-0.4, -0.2) is 21.3 Å². The summed E-state index contributed by atoms with van der Waals surface area (Å²) in [7, 11) is 0. The number of aromatic carboxylic acids is 1. The predicted molar refractivity (Wildman–Crippen MR) is 66.4 cm³/mol. The number of aromatic nitrogens is 2. The Kier molecular flexibility index (Phi) is 2.19. The van der Waals surface area contributed by atoms with Gasteiger partial charge in [0.15, 0.2) is 0 Å². The zero-order valence-corrected chi connectivity index (χ0v) is 9.49. The van der Waals surface area contributed by atoms with Crippen LogP contribution in [0.15, 0.2) is 35.7 Å². The van der Waals surface area contributed by atoms with E-state index in [-0.39, 0.29) is 5.69 Å². The first-order chi connectivity index (χ1) is 8.25. The number of hydrogen-bond donors (Lipinski definition) is 2. The summed E-state index contributed by atoms with van der Waals surface area (Å²) in [5.41, 5.74) is 1.74. The normalized spacial score (nSPS) is 10.8. The second kappa shape index (κ2) is 3.71. The van der Waals surface area contributed by atoms with E-state index >= 15 is 0 Å². The van der Waals surface area contributed by atoms with E-state index in [9.17, 15) is 4.79 Å². The van der Waals surface area contributed by atoms with Crippen molar-refractivity contribution >= 4 is 27.4 Å². The lowest BCUT2D eigenvalue weighted by Gasteiger charge is -1.92. The van der Waals surface area contributed by atoms with Crippen molar-refractivity contribution in [1.29, 1.82) is 0 Å². The number of H-pyrrole nitrogens is 1. The van der Waals surface area contributed by atoms with E-state index in [0.717, 1.165) is 10.9 Å². The van der Waals surface area contributed by atoms with Gasteiger partial charge in [-0.1, -0.05) is 18.2 Å². The Morgan fingerprint density at radius 2 is 2.18 bits per heavy atom. The summed E-state index contributed by atoms with van der Waals surface area (Å²) in [6.07, 6.45) is 0. The largest absolute Gasteiger partial charge is 0.477 e. The number of hydrogen-bond acceptors (Lipinski definition) is 3. The van der Waals surface area contributed by atoms with Crippen molar-refractivity contribution in [1.82, 2.24) is 10.2 Å². The average molecular weight is 244 g/mol. The van der Waals surface area contributed by atoms with Crippen molar-refractivity contribution in [2.45, 2.75) is 0 Å². The van der Waals surface area contributed by atoms with Crippen LogP contribution < -0.4 is 0 Å². The third-order valence-corrected chi connectivity index (χ3v) is 3.53. The summed E-state index contributed by atoms with van der Waals surface area (Å²) in [6.45, 7) is 0. The van der Waals surface area contributed by atoms with E-state index in [0.29, 0.717) is 5.69 Å². The number of aromatic amines is 1. The Morgan fingerprint density at radius 1 is 1.35 bits per heavy atom. The van der Waals surface area contributed by atoms with Gasteiger partial charge in [0.1, 0.15) is 5.69 Å². The van der Waals surface area contributed by atoms with Crippen LogP contribution in [0.2, 0.25) is 0 Å². The lowest BCUT2D eigenvalue weighted by atomic mass is 10.1. The molecule has 0 saturated carbocycles. The maximum Gasteiger partial charge on any atom is 0.353 e. The Hall–Kier alpha value is -2.14. The summed E-state index contributed by atoms with van der Waals surface area (Å²) in [5, 5.41) is 18.5. The number of carboxylic acids is 1. The Morgan fingerprint density at radius 3 is 2.94 bits per heavy atom. The van der Waals surface area contributed by atoms with Gasteiger partial charge in [-0.2, -0.15) is 5.10 Å². The van der Waals surface area contributed by atoms with Gasteiger partial charge >= 0.3 is 5.97 Å². The van der Waals surface area contributed by atoms with Crippen LogP contribution in [0.1, 0.15) is 10.5 Å². The van der Waals surface area contributed by atoms with Crippen LogP contribution in [0.25, 0.3) is 21.3 Å². The number of thiophene rings is 1. The zero-order chi connectivity index (χ0) is 11.8. The van der Waals surface area contributed by atoms with Gasteiger partial charge in [-0.25, -0.2) is 4.79 Å². The van der Waals surface area contributed by atoms with E-state index in [1.165, 1.54) is 4.70 Å². The highest BCUT2D eigenvalue weighted by Crippen LogP contribution is 2.32. The SMILES string of the molecule is O=C(O)c1cc(-c2csc3ccccc23)n[nH]1. The molecule has 0 bridgehead atoms. The Balaban J connectivity index is 2.17. The molecule has 4 nitrogen and oxygen atoms in total. The number of rotatable bonds is 2. The van der Waals surface area contributed by atoms with Gasteiger partial charge in [0, 0.05) is 21.0 Å². The summed E-state index contributed by atoms with van der Waals surface area (Å²) < 4.78 is 1.17. The molecule has 2 aromatic heterocycles. The summed E-state index contributed by atoms with van der Waals surface area (Å²) in [4.78, 5) is 10.8. The van der Waals surface area contributed by atoms with Crippen LogP contribution in [0.4, 0.5) is 0 Å². The molecule has 0 aliphatic rings. The minimum absolute atomic E-state index is 0.107. The molecule has 0 fully saturated rings. The molecule has 5 heteroatoms. The lowest BCUT2D eigenvalue weighted by Crippen LogP contribution is -1.95. The molecule has 0 radical (unpaired) electrons. The first-order valence-electron chi connectivity index (χ1n) is 5.01. The second-order valence-electron chi connectivity index (χ2n) is 3.62. The molecule has 2 N–H and O–H groups in total. The molecule has 0 saturated heterocycles. The van der Waals surface area contributed by atoms with Crippen LogP contribution in [-0.2, 0) is 0 Å². The molecule has 0 amide bonds. The van der Waals surface area contributed by atoms with Gasteiger partial charge < -0.3 is 5.11 Å². The van der Waals surface area contributed by atoms with Gasteiger partial charge in [0.2, 0.25) is 0 Å². The van der Waals surface area contributed by atoms with Crippen molar-refractivity contribution in [3.8, 4) is 11.3 Å². The van der Waals surface area contributed by atoms with Crippen LogP contribution >= 0.6 is 11.3 Å². The highest BCUT2D eigenvalue weighted by molar-refractivity contribution is 7.17. The number of carbonyl (C=O) groups is 1. The molecule has 0 unspecified atom stereocenters. The molecule has 2 heterocycles. The van der Waals surface area contributed by atoms with E-state index in [4.69, 9.17) is 5.11 Å². The molecule has 0 aliphatic carbocycles. The number of nitrogens with one attached hydrogen (secondary N) is 1. The third kappa shape index (κ3) is 1.60. The minimum atomic E-state index is -0.997. The fourth-order valence-electron chi connectivity index (χ4n) is 1.75.